The number of hydrogen-bond acceptors (Lipinski definition) is 5. The lowest BCUT2D eigenvalue weighted by molar-refractivity contribution is -0.126. The van der Waals surface area contributed by atoms with Crippen LogP contribution < -0.4 is 14.8 Å². The number of para-hydroxylation sites is 1. The molecule has 2 aromatic heterocycles. The van der Waals surface area contributed by atoms with E-state index in [1.807, 2.05) is 40.4 Å². The van der Waals surface area contributed by atoms with E-state index in [0.717, 1.165) is 34.1 Å². The first-order valence-corrected chi connectivity index (χ1v) is 9.10. The summed E-state index contributed by atoms with van der Waals surface area (Å²) in [6.45, 7) is 0.949. The van der Waals surface area contributed by atoms with E-state index in [2.05, 4.69) is 10.3 Å². The molecule has 0 aliphatic carbocycles. The van der Waals surface area contributed by atoms with E-state index < -0.39 is 0 Å². The van der Waals surface area contributed by atoms with E-state index in [1.54, 1.807) is 18.4 Å². The van der Waals surface area contributed by atoms with E-state index in [0.29, 0.717) is 19.6 Å². The van der Waals surface area contributed by atoms with E-state index in [-0.39, 0.29) is 11.8 Å². The molecule has 1 aliphatic heterocycles. The SMILES string of the molecule is COc1cccc2c1OC[C@H](C(=O)NCCc1cn3ccsc3n1)C2. The van der Waals surface area contributed by atoms with Gasteiger partial charge in [-0.15, -0.1) is 11.3 Å². The number of aromatic nitrogens is 2. The molecule has 0 saturated heterocycles. The minimum absolute atomic E-state index is 0.0227. The standard InChI is InChI=1S/C18H19N3O3S/c1-23-15-4-2-3-12-9-13(11-24-16(12)15)17(22)19-6-5-14-10-21-7-8-25-18(21)20-14/h2-4,7-8,10,13H,5-6,9,11H2,1H3,(H,19,22)/t13-/m1/s1. The number of methoxy groups -OCH3 is 1. The van der Waals surface area contributed by atoms with Crippen LogP contribution in [0.4, 0.5) is 0 Å². The number of carbonyl (C=O) groups excluding carboxylic acids is 1. The Labute approximate surface area is 149 Å². The van der Waals surface area contributed by atoms with Crippen LogP contribution in [0.3, 0.4) is 0 Å². The summed E-state index contributed by atoms with van der Waals surface area (Å²) in [7, 11) is 1.62. The van der Waals surface area contributed by atoms with Crippen molar-refractivity contribution in [3.63, 3.8) is 0 Å². The van der Waals surface area contributed by atoms with Gasteiger partial charge in [-0.2, -0.15) is 0 Å². The summed E-state index contributed by atoms with van der Waals surface area (Å²) in [5.41, 5.74) is 2.00. The highest BCUT2D eigenvalue weighted by atomic mass is 32.1. The minimum atomic E-state index is -0.176. The van der Waals surface area contributed by atoms with Crippen molar-refractivity contribution >= 4 is 22.2 Å². The van der Waals surface area contributed by atoms with Crippen molar-refractivity contribution < 1.29 is 14.3 Å². The van der Waals surface area contributed by atoms with Crippen LogP contribution in [0, 0.1) is 5.92 Å². The zero-order valence-corrected chi connectivity index (χ0v) is 14.7. The maximum absolute atomic E-state index is 12.4. The van der Waals surface area contributed by atoms with Crippen molar-refractivity contribution in [1.82, 2.24) is 14.7 Å². The number of benzene rings is 1. The zero-order chi connectivity index (χ0) is 17.2. The zero-order valence-electron chi connectivity index (χ0n) is 13.9. The second-order valence-corrected chi connectivity index (χ2v) is 6.90. The minimum Gasteiger partial charge on any atom is -0.493 e. The number of nitrogens with one attached hydrogen (secondary N) is 1. The molecule has 0 unspecified atom stereocenters. The summed E-state index contributed by atoms with van der Waals surface area (Å²) in [6, 6.07) is 5.77. The highest BCUT2D eigenvalue weighted by molar-refractivity contribution is 7.15. The molecule has 1 aromatic carbocycles. The molecule has 0 radical (unpaired) electrons. The first-order valence-electron chi connectivity index (χ1n) is 8.22. The number of fused-ring (bicyclic) bond motifs is 2. The number of imidazole rings is 1. The van der Waals surface area contributed by atoms with Crippen LogP contribution in [-0.4, -0.2) is 35.6 Å². The fourth-order valence-electron chi connectivity index (χ4n) is 3.08. The van der Waals surface area contributed by atoms with Crippen LogP contribution in [-0.2, 0) is 17.6 Å². The van der Waals surface area contributed by atoms with E-state index in [9.17, 15) is 4.79 Å². The molecule has 0 bridgehead atoms. The van der Waals surface area contributed by atoms with Crippen LogP contribution >= 0.6 is 11.3 Å². The lowest BCUT2D eigenvalue weighted by atomic mass is 9.95. The van der Waals surface area contributed by atoms with Gasteiger partial charge in [-0.1, -0.05) is 12.1 Å². The van der Waals surface area contributed by atoms with Crippen molar-refractivity contribution in [2.24, 2.45) is 5.92 Å². The molecule has 3 aromatic rings. The number of nitrogens with zero attached hydrogens (tertiary/aromatic N) is 2. The molecule has 6 nitrogen and oxygen atoms in total. The first kappa shape index (κ1) is 16.0. The van der Waals surface area contributed by atoms with Crippen LogP contribution in [0.2, 0.25) is 0 Å². The van der Waals surface area contributed by atoms with Gasteiger partial charge in [0.05, 0.1) is 18.7 Å². The van der Waals surface area contributed by atoms with Gasteiger partial charge in [-0.25, -0.2) is 4.98 Å². The predicted octanol–water partition coefficient (Wildman–Crippen LogP) is 2.31. The molecule has 1 atom stereocenters. The molecule has 7 heteroatoms. The van der Waals surface area contributed by atoms with Gasteiger partial charge in [-0.05, 0) is 18.1 Å². The highest BCUT2D eigenvalue weighted by Gasteiger charge is 2.27. The third-order valence-electron chi connectivity index (χ3n) is 4.37. The monoisotopic (exact) mass is 357 g/mol. The van der Waals surface area contributed by atoms with Gasteiger partial charge in [0, 0.05) is 30.7 Å². The number of rotatable bonds is 5. The summed E-state index contributed by atoms with van der Waals surface area (Å²) < 4.78 is 13.1. The van der Waals surface area contributed by atoms with Crippen molar-refractivity contribution in [2.45, 2.75) is 12.8 Å². The normalized spacial score (nSPS) is 16.3. The van der Waals surface area contributed by atoms with Crippen molar-refractivity contribution in [3.05, 3.63) is 47.2 Å². The average molecular weight is 357 g/mol. The second-order valence-electron chi connectivity index (χ2n) is 6.03. The van der Waals surface area contributed by atoms with Crippen LogP contribution in [0.5, 0.6) is 11.5 Å². The number of carbonyl (C=O) groups is 1. The molecule has 4 rings (SSSR count). The number of ether oxygens (including phenoxy) is 2. The molecular formula is C18H19N3O3S. The van der Waals surface area contributed by atoms with Crippen molar-refractivity contribution in [3.8, 4) is 11.5 Å². The molecule has 3 heterocycles. The smallest absolute Gasteiger partial charge is 0.226 e. The van der Waals surface area contributed by atoms with E-state index in [1.165, 1.54) is 0 Å². The van der Waals surface area contributed by atoms with Gasteiger partial charge in [-0.3, -0.25) is 9.20 Å². The fourth-order valence-corrected chi connectivity index (χ4v) is 3.80. The maximum atomic E-state index is 12.4. The molecular weight excluding hydrogens is 338 g/mol. The lowest BCUT2D eigenvalue weighted by Gasteiger charge is -2.25. The first-order chi connectivity index (χ1) is 12.2. The summed E-state index contributed by atoms with van der Waals surface area (Å²) in [6.07, 6.45) is 5.38. The number of hydrogen-bond donors (Lipinski definition) is 1. The van der Waals surface area contributed by atoms with Crippen LogP contribution in [0.15, 0.2) is 36.0 Å². The van der Waals surface area contributed by atoms with Crippen molar-refractivity contribution in [1.29, 1.82) is 0 Å². The van der Waals surface area contributed by atoms with Gasteiger partial charge >= 0.3 is 0 Å². The number of thiazole rings is 1. The van der Waals surface area contributed by atoms with Gasteiger partial charge in [0.25, 0.3) is 0 Å². The summed E-state index contributed by atoms with van der Waals surface area (Å²) in [5.74, 6) is 1.32. The van der Waals surface area contributed by atoms with Crippen LogP contribution in [0.1, 0.15) is 11.3 Å². The Morgan fingerprint density at radius 1 is 1.52 bits per heavy atom. The van der Waals surface area contributed by atoms with Gasteiger partial charge < -0.3 is 14.8 Å². The Morgan fingerprint density at radius 2 is 2.44 bits per heavy atom. The number of amides is 1. The van der Waals surface area contributed by atoms with Gasteiger partial charge in [0.15, 0.2) is 16.5 Å². The second kappa shape index (κ2) is 6.76. The largest absolute Gasteiger partial charge is 0.493 e. The Morgan fingerprint density at radius 3 is 3.28 bits per heavy atom. The molecule has 1 amide bonds. The third kappa shape index (κ3) is 3.19. The van der Waals surface area contributed by atoms with E-state index in [4.69, 9.17) is 9.47 Å². The molecule has 0 fully saturated rings. The summed E-state index contributed by atoms with van der Waals surface area (Å²) >= 11 is 1.60. The molecule has 0 spiro atoms. The average Bonchev–Trinajstić information content (AvgIpc) is 3.22. The fraction of sp³-hybridized carbons (Fsp3) is 0.333. The van der Waals surface area contributed by atoms with Gasteiger partial charge in [0.2, 0.25) is 5.91 Å². The topological polar surface area (TPSA) is 64.9 Å². The Balaban J connectivity index is 1.33. The van der Waals surface area contributed by atoms with E-state index >= 15 is 0 Å². The molecule has 1 aliphatic rings. The molecule has 0 saturated carbocycles. The Kier molecular flexibility index (Phi) is 4.31. The third-order valence-corrected chi connectivity index (χ3v) is 5.14. The summed E-state index contributed by atoms with van der Waals surface area (Å²) in [4.78, 5) is 17.9. The molecule has 130 valence electrons. The summed E-state index contributed by atoms with van der Waals surface area (Å²) in [5, 5.41) is 5.00. The van der Waals surface area contributed by atoms with Crippen molar-refractivity contribution in [2.75, 3.05) is 20.3 Å². The van der Waals surface area contributed by atoms with Crippen LogP contribution in [0.25, 0.3) is 4.96 Å². The highest BCUT2D eigenvalue weighted by Crippen LogP contribution is 2.35. The predicted molar refractivity (Wildman–Crippen MR) is 95.5 cm³/mol. The Bertz CT molecular complexity index is 873. The van der Waals surface area contributed by atoms with Gasteiger partial charge in [0.1, 0.15) is 6.61 Å². The lowest BCUT2D eigenvalue weighted by Crippen LogP contribution is -2.38. The quantitative estimate of drug-likeness (QED) is 0.761. The Hall–Kier alpha value is -2.54. The maximum Gasteiger partial charge on any atom is 0.226 e. The molecule has 25 heavy (non-hydrogen) atoms. The molecule has 1 N–H and O–H groups in total.